The van der Waals surface area contributed by atoms with Crippen LogP contribution in [0.15, 0.2) is 54.1 Å². The Morgan fingerprint density at radius 3 is 2.54 bits per heavy atom. The van der Waals surface area contributed by atoms with Crippen molar-refractivity contribution in [3.05, 3.63) is 75.3 Å². The fourth-order valence-electron chi connectivity index (χ4n) is 2.80. The SMILES string of the molecule is CCOC(=O)C1=C(c2ccccc2)NC(=O)NC1c1cccc(Cl)c1Cl. The van der Waals surface area contributed by atoms with Crippen molar-refractivity contribution >= 4 is 40.9 Å². The zero-order chi connectivity index (χ0) is 18.7. The summed E-state index contributed by atoms with van der Waals surface area (Å²) in [5.74, 6) is -0.542. The molecule has 1 atom stereocenters. The Balaban J connectivity index is 2.22. The average Bonchev–Trinajstić information content (AvgIpc) is 2.64. The molecule has 0 saturated heterocycles. The number of nitrogens with one attached hydrogen (secondary N) is 2. The van der Waals surface area contributed by atoms with Crippen molar-refractivity contribution in [2.24, 2.45) is 0 Å². The van der Waals surface area contributed by atoms with Crippen LogP contribution in [-0.4, -0.2) is 18.6 Å². The molecule has 0 spiro atoms. The van der Waals surface area contributed by atoms with Crippen LogP contribution in [0.4, 0.5) is 4.79 Å². The third kappa shape index (κ3) is 3.54. The van der Waals surface area contributed by atoms with E-state index in [0.29, 0.717) is 21.8 Å². The molecule has 2 aromatic rings. The minimum Gasteiger partial charge on any atom is -0.463 e. The van der Waals surface area contributed by atoms with Gasteiger partial charge in [-0.25, -0.2) is 9.59 Å². The van der Waals surface area contributed by atoms with Crippen LogP contribution in [0.1, 0.15) is 24.1 Å². The molecule has 0 aromatic heterocycles. The summed E-state index contributed by atoms with van der Waals surface area (Å²) in [6, 6.07) is 12.9. The van der Waals surface area contributed by atoms with E-state index in [2.05, 4.69) is 10.6 Å². The van der Waals surface area contributed by atoms with Crippen molar-refractivity contribution in [2.45, 2.75) is 13.0 Å². The lowest BCUT2D eigenvalue weighted by molar-refractivity contribution is -0.138. The Labute approximate surface area is 160 Å². The molecular weight excluding hydrogens is 375 g/mol. The first-order valence-electron chi connectivity index (χ1n) is 8.01. The number of urea groups is 1. The van der Waals surface area contributed by atoms with Crippen LogP contribution in [0.25, 0.3) is 5.70 Å². The molecule has 1 heterocycles. The van der Waals surface area contributed by atoms with Gasteiger partial charge in [-0.1, -0.05) is 65.7 Å². The van der Waals surface area contributed by atoms with Gasteiger partial charge in [0, 0.05) is 0 Å². The Morgan fingerprint density at radius 2 is 1.85 bits per heavy atom. The van der Waals surface area contributed by atoms with Gasteiger partial charge in [-0.05, 0) is 24.1 Å². The fourth-order valence-corrected chi connectivity index (χ4v) is 3.22. The number of carbonyl (C=O) groups excluding carboxylic acids is 2. The normalized spacial score (nSPS) is 16.7. The van der Waals surface area contributed by atoms with Crippen LogP contribution in [-0.2, 0) is 9.53 Å². The quantitative estimate of drug-likeness (QED) is 0.763. The second-order valence-corrected chi connectivity index (χ2v) is 6.33. The van der Waals surface area contributed by atoms with Crippen LogP contribution in [0.5, 0.6) is 0 Å². The topological polar surface area (TPSA) is 67.4 Å². The zero-order valence-corrected chi connectivity index (χ0v) is 15.4. The molecule has 0 radical (unpaired) electrons. The number of halogens is 2. The number of hydrogen-bond donors (Lipinski definition) is 2. The molecule has 2 N–H and O–H groups in total. The fraction of sp³-hybridized carbons (Fsp3) is 0.158. The second-order valence-electron chi connectivity index (χ2n) is 5.55. The number of esters is 1. The lowest BCUT2D eigenvalue weighted by atomic mass is 9.92. The summed E-state index contributed by atoms with van der Waals surface area (Å²) >= 11 is 12.5. The first kappa shape index (κ1) is 18.3. The number of ether oxygens (including phenoxy) is 1. The molecule has 0 saturated carbocycles. The van der Waals surface area contributed by atoms with Crippen LogP contribution < -0.4 is 10.6 Å². The molecule has 3 rings (SSSR count). The van der Waals surface area contributed by atoms with Gasteiger partial charge < -0.3 is 15.4 Å². The Morgan fingerprint density at radius 1 is 1.12 bits per heavy atom. The Hall–Kier alpha value is -2.50. The van der Waals surface area contributed by atoms with E-state index in [1.54, 1.807) is 37.3 Å². The first-order chi connectivity index (χ1) is 12.5. The van der Waals surface area contributed by atoms with Crippen molar-refractivity contribution in [3.63, 3.8) is 0 Å². The van der Waals surface area contributed by atoms with E-state index in [-0.39, 0.29) is 17.2 Å². The molecule has 26 heavy (non-hydrogen) atoms. The molecular formula is C19H16Cl2N2O3. The molecule has 2 amide bonds. The molecule has 1 aliphatic heterocycles. The van der Waals surface area contributed by atoms with Crippen molar-refractivity contribution in [3.8, 4) is 0 Å². The van der Waals surface area contributed by atoms with Crippen LogP contribution >= 0.6 is 23.2 Å². The highest BCUT2D eigenvalue weighted by molar-refractivity contribution is 6.42. The Bertz CT molecular complexity index is 882. The third-order valence-corrected chi connectivity index (χ3v) is 4.76. The summed E-state index contributed by atoms with van der Waals surface area (Å²) in [7, 11) is 0. The molecule has 1 aliphatic rings. The predicted octanol–water partition coefficient (Wildman–Crippen LogP) is 4.32. The largest absolute Gasteiger partial charge is 0.463 e. The number of benzene rings is 2. The minimum absolute atomic E-state index is 0.203. The van der Waals surface area contributed by atoms with Gasteiger partial charge in [0.1, 0.15) is 0 Å². The lowest BCUT2D eigenvalue weighted by Gasteiger charge is -2.30. The van der Waals surface area contributed by atoms with E-state index < -0.39 is 18.0 Å². The van der Waals surface area contributed by atoms with Gasteiger partial charge in [-0.3, -0.25) is 0 Å². The number of amides is 2. The van der Waals surface area contributed by atoms with E-state index in [1.165, 1.54) is 0 Å². The molecule has 0 aliphatic carbocycles. The highest BCUT2D eigenvalue weighted by atomic mass is 35.5. The summed E-state index contributed by atoms with van der Waals surface area (Å²) in [6.07, 6.45) is 0. The van der Waals surface area contributed by atoms with E-state index >= 15 is 0 Å². The van der Waals surface area contributed by atoms with Gasteiger partial charge in [-0.15, -0.1) is 0 Å². The van der Waals surface area contributed by atoms with E-state index in [9.17, 15) is 9.59 Å². The van der Waals surface area contributed by atoms with Gasteiger partial charge >= 0.3 is 12.0 Å². The number of carbonyl (C=O) groups is 2. The maximum atomic E-state index is 12.7. The summed E-state index contributed by atoms with van der Waals surface area (Å²) in [4.78, 5) is 25.0. The smallest absolute Gasteiger partial charge is 0.338 e. The first-order valence-corrected chi connectivity index (χ1v) is 8.76. The van der Waals surface area contributed by atoms with Crippen molar-refractivity contribution in [1.29, 1.82) is 0 Å². The van der Waals surface area contributed by atoms with Gasteiger partial charge in [0.15, 0.2) is 0 Å². The number of rotatable bonds is 4. The molecule has 0 bridgehead atoms. The zero-order valence-electron chi connectivity index (χ0n) is 13.9. The molecule has 7 heteroatoms. The third-order valence-electron chi connectivity index (χ3n) is 3.92. The summed E-state index contributed by atoms with van der Waals surface area (Å²) < 4.78 is 5.23. The van der Waals surface area contributed by atoms with Crippen LogP contribution in [0, 0.1) is 0 Å². The minimum atomic E-state index is -0.788. The van der Waals surface area contributed by atoms with E-state index in [1.807, 2.05) is 18.2 Å². The lowest BCUT2D eigenvalue weighted by Crippen LogP contribution is -2.45. The van der Waals surface area contributed by atoms with Crippen molar-refractivity contribution < 1.29 is 14.3 Å². The van der Waals surface area contributed by atoms with Crippen molar-refractivity contribution in [1.82, 2.24) is 10.6 Å². The summed E-state index contributed by atoms with van der Waals surface area (Å²) in [5, 5.41) is 6.05. The molecule has 0 fully saturated rings. The van der Waals surface area contributed by atoms with Crippen molar-refractivity contribution in [2.75, 3.05) is 6.61 Å². The van der Waals surface area contributed by atoms with Gasteiger partial charge in [0.2, 0.25) is 0 Å². The molecule has 5 nitrogen and oxygen atoms in total. The molecule has 1 unspecified atom stereocenters. The molecule has 2 aromatic carbocycles. The molecule has 134 valence electrons. The van der Waals surface area contributed by atoms with Gasteiger partial charge in [0.05, 0.1) is 34.0 Å². The van der Waals surface area contributed by atoms with Crippen LogP contribution in [0.3, 0.4) is 0 Å². The predicted molar refractivity (Wildman–Crippen MR) is 101 cm³/mol. The van der Waals surface area contributed by atoms with E-state index in [4.69, 9.17) is 27.9 Å². The average molecular weight is 391 g/mol. The maximum absolute atomic E-state index is 12.7. The maximum Gasteiger partial charge on any atom is 0.338 e. The monoisotopic (exact) mass is 390 g/mol. The standard InChI is InChI=1S/C19H16Cl2N2O3/c1-2-26-18(24)14-16(11-7-4-3-5-8-11)22-19(25)23-17(14)12-9-6-10-13(20)15(12)21/h3-10,17H,2H2,1H3,(H2,22,23,25). The summed E-state index contributed by atoms with van der Waals surface area (Å²) in [6.45, 7) is 1.92. The van der Waals surface area contributed by atoms with Crippen LogP contribution in [0.2, 0.25) is 10.0 Å². The second kappa shape index (κ2) is 7.81. The Kier molecular flexibility index (Phi) is 5.49. The van der Waals surface area contributed by atoms with Gasteiger partial charge in [-0.2, -0.15) is 0 Å². The summed E-state index contributed by atoms with van der Waals surface area (Å²) in [5.41, 5.74) is 1.86. The number of hydrogen-bond acceptors (Lipinski definition) is 3. The highest BCUT2D eigenvalue weighted by Gasteiger charge is 2.35. The van der Waals surface area contributed by atoms with Gasteiger partial charge in [0.25, 0.3) is 0 Å². The highest BCUT2D eigenvalue weighted by Crippen LogP contribution is 2.37. The van der Waals surface area contributed by atoms with E-state index in [0.717, 1.165) is 0 Å².